The Morgan fingerprint density at radius 1 is 0.680 bits per heavy atom. The maximum atomic E-state index is 14.3. The van der Waals surface area contributed by atoms with Crippen molar-refractivity contribution < 1.29 is 13.5 Å². The molecule has 25 heavy (non-hydrogen) atoms. The fraction of sp³-hybridized carbons (Fsp3) is 0.182. The van der Waals surface area contributed by atoms with Crippen LogP contribution in [0.2, 0.25) is 0 Å². The molecule has 0 spiro atoms. The molecule has 3 aromatic carbocycles. The zero-order valence-electron chi connectivity index (χ0n) is 14.4. The van der Waals surface area contributed by atoms with Crippen molar-refractivity contribution in [2.75, 3.05) is 6.61 Å². The minimum atomic E-state index is -0.946. The van der Waals surface area contributed by atoms with E-state index in [0.717, 1.165) is 17.5 Å². The molecule has 0 fully saturated rings. The lowest BCUT2D eigenvalue weighted by molar-refractivity contribution is 0.314. The Labute approximate surface area is 146 Å². The number of aryl methyl sites for hydroxylation is 1. The third kappa shape index (κ3) is 3.55. The van der Waals surface area contributed by atoms with Crippen LogP contribution in [0.3, 0.4) is 0 Å². The van der Waals surface area contributed by atoms with E-state index in [-0.39, 0.29) is 11.3 Å². The van der Waals surface area contributed by atoms with E-state index >= 15 is 0 Å². The molecule has 128 valence electrons. The Balaban J connectivity index is 1.90. The van der Waals surface area contributed by atoms with Gasteiger partial charge in [-0.2, -0.15) is 4.39 Å². The molecule has 0 aliphatic carbocycles. The van der Waals surface area contributed by atoms with Gasteiger partial charge in [-0.25, -0.2) is 4.39 Å². The second kappa shape index (κ2) is 7.47. The van der Waals surface area contributed by atoms with E-state index in [2.05, 4.69) is 31.2 Å². The average molecular weight is 338 g/mol. The molecule has 0 aromatic heterocycles. The molecular formula is C22H20F2O. The van der Waals surface area contributed by atoms with Gasteiger partial charge >= 0.3 is 0 Å². The molecule has 0 N–H and O–H groups in total. The SMILES string of the molecule is CCOc1ccc(-c2ccc(-c3ccc(CC)cc3)cc2)c(F)c1F. The van der Waals surface area contributed by atoms with Gasteiger partial charge in [0.2, 0.25) is 5.82 Å². The highest BCUT2D eigenvalue weighted by Gasteiger charge is 2.15. The Hall–Kier alpha value is -2.68. The Morgan fingerprint density at radius 3 is 1.80 bits per heavy atom. The molecular weight excluding hydrogens is 318 g/mol. The highest BCUT2D eigenvalue weighted by atomic mass is 19.2. The molecule has 0 amide bonds. The summed E-state index contributed by atoms with van der Waals surface area (Å²) in [6.45, 7) is 4.15. The van der Waals surface area contributed by atoms with Crippen molar-refractivity contribution >= 4 is 0 Å². The summed E-state index contributed by atoms with van der Waals surface area (Å²) in [4.78, 5) is 0. The van der Waals surface area contributed by atoms with E-state index in [9.17, 15) is 8.78 Å². The van der Waals surface area contributed by atoms with E-state index in [0.29, 0.717) is 12.2 Å². The minimum Gasteiger partial charge on any atom is -0.491 e. The predicted octanol–water partition coefficient (Wildman–Crippen LogP) is 6.26. The summed E-state index contributed by atoms with van der Waals surface area (Å²) in [5.41, 5.74) is 4.29. The maximum absolute atomic E-state index is 14.3. The predicted molar refractivity (Wildman–Crippen MR) is 97.8 cm³/mol. The second-order valence-electron chi connectivity index (χ2n) is 5.80. The van der Waals surface area contributed by atoms with Crippen molar-refractivity contribution in [1.29, 1.82) is 0 Å². The molecule has 0 aliphatic heterocycles. The quantitative estimate of drug-likeness (QED) is 0.533. The van der Waals surface area contributed by atoms with Crippen LogP contribution in [0, 0.1) is 11.6 Å². The van der Waals surface area contributed by atoms with Crippen LogP contribution in [-0.4, -0.2) is 6.61 Å². The van der Waals surface area contributed by atoms with Crippen LogP contribution >= 0.6 is 0 Å². The molecule has 0 saturated carbocycles. The van der Waals surface area contributed by atoms with Crippen molar-refractivity contribution in [1.82, 2.24) is 0 Å². The minimum absolute atomic E-state index is 0.0589. The van der Waals surface area contributed by atoms with Gasteiger partial charge in [-0.3, -0.25) is 0 Å². The standard InChI is InChI=1S/C22H20F2O/c1-3-15-5-7-16(8-6-15)17-9-11-18(12-10-17)19-13-14-20(25-4-2)22(24)21(19)23/h5-14H,3-4H2,1-2H3. The van der Waals surface area contributed by atoms with Crippen molar-refractivity contribution in [2.24, 2.45) is 0 Å². The molecule has 0 saturated heterocycles. The molecule has 0 unspecified atom stereocenters. The van der Waals surface area contributed by atoms with Crippen LogP contribution < -0.4 is 4.74 Å². The normalized spacial score (nSPS) is 10.7. The Morgan fingerprint density at radius 2 is 1.24 bits per heavy atom. The largest absolute Gasteiger partial charge is 0.491 e. The van der Waals surface area contributed by atoms with Crippen molar-refractivity contribution in [3.8, 4) is 28.0 Å². The summed E-state index contributed by atoms with van der Waals surface area (Å²) < 4.78 is 33.5. The van der Waals surface area contributed by atoms with Gasteiger partial charge in [0.25, 0.3) is 0 Å². The molecule has 0 heterocycles. The zero-order chi connectivity index (χ0) is 17.8. The first kappa shape index (κ1) is 17.2. The van der Waals surface area contributed by atoms with Crippen LogP contribution in [0.1, 0.15) is 19.4 Å². The van der Waals surface area contributed by atoms with E-state index in [1.165, 1.54) is 11.6 Å². The summed E-state index contributed by atoms with van der Waals surface area (Å²) in [5, 5.41) is 0. The van der Waals surface area contributed by atoms with Gasteiger partial charge in [0, 0.05) is 5.56 Å². The van der Waals surface area contributed by atoms with Crippen molar-refractivity contribution in [3.05, 3.63) is 77.9 Å². The third-order valence-corrected chi connectivity index (χ3v) is 4.24. The smallest absolute Gasteiger partial charge is 0.201 e. The summed E-state index contributed by atoms with van der Waals surface area (Å²) in [5.74, 6) is -1.89. The summed E-state index contributed by atoms with van der Waals surface area (Å²) in [6.07, 6.45) is 1.00. The Bertz CT molecular complexity index is 852. The fourth-order valence-corrected chi connectivity index (χ4v) is 2.80. The zero-order valence-corrected chi connectivity index (χ0v) is 14.4. The van der Waals surface area contributed by atoms with Crippen molar-refractivity contribution in [2.45, 2.75) is 20.3 Å². The fourth-order valence-electron chi connectivity index (χ4n) is 2.80. The van der Waals surface area contributed by atoms with E-state index < -0.39 is 11.6 Å². The van der Waals surface area contributed by atoms with Gasteiger partial charge in [0.1, 0.15) is 0 Å². The van der Waals surface area contributed by atoms with Gasteiger partial charge in [0.15, 0.2) is 11.6 Å². The first-order valence-corrected chi connectivity index (χ1v) is 8.44. The van der Waals surface area contributed by atoms with Crippen LogP contribution in [0.4, 0.5) is 8.78 Å². The van der Waals surface area contributed by atoms with Crippen LogP contribution in [-0.2, 0) is 6.42 Å². The maximum Gasteiger partial charge on any atom is 0.201 e. The average Bonchev–Trinajstić information content (AvgIpc) is 2.66. The van der Waals surface area contributed by atoms with Gasteiger partial charge in [-0.05, 0) is 47.7 Å². The van der Waals surface area contributed by atoms with E-state index in [1.807, 2.05) is 12.1 Å². The van der Waals surface area contributed by atoms with Gasteiger partial charge in [0.05, 0.1) is 6.61 Å². The van der Waals surface area contributed by atoms with E-state index in [4.69, 9.17) is 4.74 Å². The number of hydrogen-bond acceptors (Lipinski definition) is 1. The molecule has 3 heteroatoms. The monoisotopic (exact) mass is 338 g/mol. The lowest BCUT2D eigenvalue weighted by atomic mass is 9.99. The van der Waals surface area contributed by atoms with Gasteiger partial charge in [-0.1, -0.05) is 55.5 Å². The topological polar surface area (TPSA) is 9.23 Å². The third-order valence-electron chi connectivity index (χ3n) is 4.24. The number of ether oxygens (including phenoxy) is 1. The summed E-state index contributed by atoms with van der Waals surface area (Å²) >= 11 is 0. The molecule has 3 aromatic rings. The number of hydrogen-bond donors (Lipinski definition) is 0. The highest BCUT2D eigenvalue weighted by Crippen LogP contribution is 2.31. The lowest BCUT2D eigenvalue weighted by Crippen LogP contribution is -1.98. The summed E-state index contributed by atoms with van der Waals surface area (Å²) in [7, 11) is 0. The Kier molecular flexibility index (Phi) is 5.13. The van der Waals surface area contributed by atoms with Crippen molar-refractivity contribution in [3.63, 3.8) is 0 Å². The van der Waals surface area contributed by atoms with E-state index in [1.54, 1.807) is 25.1 Å². The second-order valence-corrected chi connectivity index (χ2v) is 5.80. The van der Waals surface area contributed by atoms with Crippen LogP contribution in [0.25, 0.3) is 22.3 Å². The summed E-state index contributed by atoms with van der Waals surface area (Å²) in [6, 6.07) is 18.8. The molecule has 0 radical (unpaired) electrons. The van der Waals surface area contributed by atoms with Gasteiger partial charge in [-0.15, -0.1) is 0 Å². The molecule has 3 rings (SSSR count). The molecule has 0 aliphatic rings. The highest BCUT2D eigenvalue weighted by molar-refractivity contribution is 5.71. The molecule has 0 atom stereocenters. The number of rotatable bonds is 5. The molecule has 0 bridgehead atoms. The number of benzene rings is 3. The lowest BCUT2D eigenvalue weighted by Gasteiger charge is -2.10. The first-order chi connectivity index (χ1) is 12.1. The van der Waals surface area contributed by atoms with Crippen LogP contribution in [0.5, 0.6) is 5.75 Å². The number of halogens is 2. The molecule has 1 nitrogen and oxygen atoms in total. The first-order valence-electron chi connectivity index (χ1n) is 8.44. The van der Waals surface area contributed by atoms with Gasteiger partial charge < -0.3 is 4.74 Å². The van der Waals surface area contributed by atoms with Crippen LogP contribution in [0.15, 0.2) is 60.7 Å².